The molecule has 98 valence electrons. The molecule has 0 bridgehead atoms. The molecule has 1 aromatic carbocycles. The quantitative estimate of drug-likeness (QED) is 0.663. The summed E-state index contributed by atoms with van der Waals surface area (Å²) in [5, 5.41) is 2.84. The Morgan fingerprint density at radius 1 is 1.53 bits per heavy atom. The third-order valence-electron chi connectivity index (χ3n) is 2.38. The Kier molecular flexibility index (Phi) is 4.48. The van der Waals surface area contributed by atoms with Crippen LogP contribution in [0.4, 0.5) is 5.69 Å². The minimum Gasteiger partial charge on any atom is -0.482 e. The second-order valence-corrected chi connectivity index (χ2v) is 5.21. The summed E-state index contributed by atoms with van der Waals surface area (Å²) in [6, 6.07) is 5.43. The van der Waals surface area contributed by atoms with Crippen LogP contribution in [0.25, 0.3) is 0 Å². The number of hydrogen-bond donors (Lipinski definition) is 1. The lowest BCUT2D eigenvalue weighted by molar-refractivity contribution is -0.118. The molecule has 0 unspecified atom stereocenters. The fourth-order valence-corrected chi connectivity index (χ4v) is 2.06. The molecule has 1 N–H and O–H groups in total. The molecule has 0 radical (unpaired) electrons. The maximum absolute atomic E-state index is 11.2. The van der Waals surface area contributed by atoms with Crippen LogP contribution in [0.15, 0.2) is 18.2 Å². The number of carbonyl (C=O) groups is 2. The highest BCUT2D eigenvalue weighted by Crippen LogP contribution is 2.28. The molecule has 2 rings (SSSR count). The van der Waals surface area contributed by atoms with Gasteiger partial charge in [0.05, 0.1) is 5.69 Å². The van der Waals surface area contributed by atoms with Crippen LogP contribution in [0.2, 0.25) is 0 Å². The smallest absolute Gasteiger partial charge is 0.262 e. The van der Waals surface area contributed by atoms with Crippen LogP contribution in [0.3, 0.4) is 0 Å². The molecule has 0 saturated carbocycles. The Balaban J connectivity index is 1.98. The Bertz CT molecular complexity index is 572. The lowest BCUT2D eigenvalue weighted by Gasteiger charge is -2.17. The molecule has 0 atom stereocenters. The number of ether oxygens (including phenoxy) is 1. The topological polar surface area (TPSA) is 55.4 Å². The molecular formula is C14H13NO3S. The maximum Gasteiger partial charge on any atom is 0.262 e. The second-order valence-electron chi connectivity index (χ2n) is 3.94. The number of fused-ring (bicyclic) bond motifs is 1. The van der Waals surface area contributed by atoms with Gasteiger partial charge in [0.25, 0.3) is 5.91 Å². The molecule has 4 nitrogen and oxygen atoms in total. The molecule has 0 aliphatic carbocycles. The van der Waals surface area contributed by atoms with Crippen LogP contribution in [-0.4, -0.2) is 23.4 Å². The van der Waals surface area contributed by atoms with Crippen molar-refractivity contribution in [2.45, 2.75) is 13.3 Å². The zero-order chi connectivity index (χ0) is 13.7. The van der Waals surface area contributed by atoms with E-state index in [9.17, 15) is 9.59 Å². The molecule has 0 saturated heterocycles. The number of hydrogen-bond acceptors (Lipinski definition) is 4. The highest BCUT2D eigenvalue weighted by Gasteiger charge is 2.15. The van der Waals surface area contributed by atoms with Gasteiger partial charge in [0.2, 0.25) is 0 Å². The van der Waals surface area contributed by atoms with Gasteiger partial charge in [-0.05, 0) is 18.2 Å². The van der Waals surface area contributed by atoms with E-state index in [1.54, 1.807) is 19.1 Å². The van der Waals surface area contributed by atoms with Gasteiger partial charge >= 0.3 is 0 Å². The second kappa shape index (κ2) is 6.30. The highest BCUT2D eigenvalue weighted by molar-refractivity contribution is 8.13. The van der Waals surface area contributed by atoms with Crippen LogP contribution in [0.1, 0.15) is 18.9 Å². The van der Waals surface area contributed by atoms with E-state index >= 15 is 0 Å². The number of thioether (sulfide) groups is 1. The fourth-order valence-electron chi connectivity index (χ4n) is 1.57. The van der Waals surface area contributed by atoms with E-state index in [2.05, 4.69) is 17.2 Å². The Morgan fingerprint density at radius 2 is 2.37 bits per heavy atom. The van der Waals surface area contributed by atoms with Crippen LogP contribution in [-0.2, 0) is 9.59 Å². The van der Waals surface area contributed by atoms with Gasteiger partial charge < -0.3 is 10.1 Å². The first-order chi connectivity index (χ1) is 9.15. The fraction of sp³-hybridized carbons (Fsp3) is 0.286. The molecule has 1 aromatic rings. The maximum atomic E-state index is 11.2. The van der Waals surface area contributed by atoms with E-state index in [0.29, 0.717) is 23.6 Å². The number of carbonyl (C=O) groups excluding carboxylic acids is 2. The van der Waals surface area contributed by atoms with E-state index in [1.807, 2.05) is 6.07 Å². The van der Waals surface area contributed by atoms with Gasteiger partial charge in [0.15, 0.2) is 11.7 Å². The Hall–Kier alpha value is -1.93. The van der Waals surface area contributed by atoms with E-state index in [0.717, 1.165) is 5.56 Å². The molecule has 0 fully saturated rings. The van der Waals surface area contributed by atoms with Gasteiger partial charge in [0.1, 0.15) is 5.75 Å². The SMILES string of the molecule is CC(=O)SCCC#Cc1ccc2c(c1)NC(=O)CO2. The number of anilines is 1. The van der Waals surface area contributed by atoms with Crippen molar-refractivity contribution in [2.24, 2.45) is 0 Å². The molecule has 19 heavy (non-hydrogen) atoms. The lowest BCUT2D eigenvalue weighted by atomic mass is 10.1. The average Bonchev–Trinajstić information content (AvgIpc) is 2.37. The molecular weight excluding hydrogens is 262 g/mol. The Labute approximate surface area is 115 Å². The first-order valence-corrected chi connectivity index (χ1v) is 6.82. The van der Waals surface area contributed by atoms with Crippen LogP contribution in [0.5, 0.6) is 5.75 Å². The van der Waals surface area contributed by atoms with Crippen LogP contribution in [0, 0.1) is 11.8 Å². The molecule has 0 spiro atoms. The van der Waals surface area contributed by atoms with E-state index in [1.165, 1.54) is 11.8 Å². The van der Waals surface area contributed by atoms with Crippen LogP contribution >= 0.6 is 11.8 Å². The van der Waals surface area contributed by atoms with Gasteiger partial charge in [-0.25, -0.2) is 0 Å². The summed E-state index contributed by atoms with van der Waals surface area (Å²) in [5.74, 6) is 7.21. The largest absolute Gasteiger partial charge is 0.482 e. The van der Waals surface area contributed by atoms with Crippen molar-refractivity contribution in [3.8, 4) is 17.6 Å². The van der Waals surface area contributed by atoms with Crippen molar-refractivity contribution >= 4 is 28.5 Å². The normalized spacial score (nSPS) is 12.6. The van der Waals surface area contributed by atoms with Crippen LogP contribution < -0.4 is 10.1 Å². The Morgan fingerprint density at radius 3 is 3.16 bits per heavy atom. The van der Waals surface area contributed by atoms with Gasteiger partial charge in [-0.2, -0.15) is 0 Å². The zero-order valence-electron chi connectivity index (χ0n) is 10.5. The van der Waals surface area contributed by atoms with Crippen molar-refractivity contribution in [1.29, 1.82) is 0 Å². The molecule has 0 aromatic heterocycles. The number of benzene rings is 1. The minimum absolute atomic E-state index is 0.0558. The molecule has 1 amide bonds. The minimum atomic E-state index is -0.157. The van der Waals surface area contributed by atoms with Gasteiger partial charge in [-0.15, -0.1) is 0 Å². The summed E-state index contributed by atoms with van der Waals surface area (Å²) < 4.78 is 5.26. The molecule has 1 heterocycles. The predicted octanol–water partition coefficient (Wildman–Crippen LogP) is 2.04. The van der Waals surface area contributed by atoms with Crippen molar-refractivity contribution < 1.29 is 14.3 Å². The van der Waals surface area contributed by atoms with Gasteiger partial charge in [0, 0.05) is 24.7 Å². The first-order valence-electron chi connectivity index (χ1n) is 5.84. The summed E-state index contributed by atoms with van der Waals surface area (Å²) in [6.45, 7) is 1.60. The van der Waals surface area contributed by atoms with Gasteiger partial charge in [-0.1, -0.05) is 23.6 Å². The molecule has 1 aliphatic rings. The zero-order valence-corrected chi connectivity index (χ0v) is 11.3. The third-order valence-corrected chi connectivity index (χ3v) is 3.19. The molecule has 1 aliphatic heterocycles. The summed E-state index contributed by atoms with van der Waals surface area (Å²) >= 11 is 1.27. The summed E-state index contributed by atoms with van der Waals surface area (Å²) in [5.41, 5.74) is 1.47. The number of rotatable bonds is 2. The summed E-state index contributed by atoms with van der Waals surface area (Å²) in [4.78, 5) is 21.9. The summed E-state index contributed by atoms with van der Waals surface area (Å²) in [7, 11) is 0. The molecule has 5 heteroatoms. The standard InChI is InChI=1S/C14H13NO3S/c1-10(16)19-7-3-2-4-11-5-6-13-12(8-11)15-14(17)9-18-13/h5-6,8H,3,7,9H2,1H3,(H,15,17). The lowest BCUT2D eigenvalue weighted by Crippen LogP contribution is -2.25. The van der Waals surface area contributed by atoms with Crippen molar-refractivity contribution in [2.75, 3.05) is 17.7 Å². The van der Waals surface area contributed by atoms with Crippen molar-refractivity contribution in [3.05, 3.63) is 23.8 Å². The van der Waals surface area contributed by atoms with Crippen molar-refractivity contribution in [1.82, 2.24) is 0 Å². The van der Waals surface area contributed by atoms with E-state index < -0.39 is 0 Å². The average molecular weight is 275 g/mol. The predicted molar refractivity (Wildman–Crippen MR) is 75.2 cm³/mol. The van der Waals surface area contributed by atoms with Gasteiger partial charge in [-0.3, -0.25) is 9.59 Å². The first kappa shape index (κ1) is 13.5. The highest BCUT2D eigenvalue weighted by atomic mass is 32.2. The van der Waals surface area contributed by atoms with E-state index in [-0.39, 0.29) is 17.6 Å². The van der Waals surface area contributed by atoms with E-state index in [4.69, 9.17) is 4.74 Å². The number of amides is 1. The summed E-state index contributed by atoms with van der Waals surface area (Å²) in [6.07, 6.45) is 0.657. The van der Waals surface area contributed by atoms with Crippen molar-refractivity contribution in [3.63, 3.8) is 0 Å². The number of nitrogens with one attached hydrogen (secondary N) is 1. The third kappa shape index (κ3) is 4.04. The monoisotopic (exact) mass is 275 g/mol.